The van der Waals surface area contributed by atoms with Crippen LogP contribution in [-0.4, -0.2) is 35.6 Å². The van der Waals surface area contributed by atoms with Crippen LogP contribution in [0, 0.1) is 6.92 Å². The van der Waals surface area contributed by atoms with E-state index in [0.29, 0.717) is 23.0 Å². The summed E-state index contributed by atoms with van der Waals surface area (Å²) in [4.78, 5) is 14.1. The van der Waals surface area contributed by atoms with E-state index in [2.05, 4.69) is 0 Å². The summed E-state index contributed by atoms with van der Waals surface area (Å²) in [5.41, 5.74) is 0.921. The molecule has 84 valence electrons. The molecule has 0 aliphatic carbocycles. The van der Waals surface area contributed by atoms with Crippen molar-refractivity contribution in [2.24, 2.45) is 0 Å². The number of nitrogens with zero attached hydrogens (tertiary/aromatic N) is 1. The molecule has 1 rings (SSSR count). The maximum Gasteiger partial charge on any atom is 0.265 e. The van der Waals surface area contributed by atoms with E-state index in [1.807, 2.05) is 19.2 Å². The normalized spacial score (nSPS) is 10.4. The molecule has 0 aliphatic rings. The van der Waals surface area contributed by atoms with Crippen LogP contribution in [0.4, 0.5) is 0 Å². The lowest BCUT2D eigenvalue weighted by molar-refractivity contribution is 0.0737. The fourth-order valence-electron chi connectivity index (χ4n) is 1.24. The maximum atomic E-state index is 11.9. The van der Waals surface area contributed by atoms with Crippen molar-refractivity contribution in [2.45, 2.75) is 13.8 Å². The van der Waals surface area contributed by atoms with E-state index in [-0.39, 0.29) is 12.5 Å². The topological polar surface area (TPSA) is 40.5 Å². The zero-order valence-corrected chi connectivity index (χ0v) is 10.4. The maximum absolute atomic E-state index is 11.9. The van der Waals surface area contributed by atoms with Gasteiger partial charge in [-0.15, -0.1) is 11.3 Å². The summed E-state index contributed by atoms with van der Waals surface area (Å²) >= 11 is 7.35. The number of thiophene rings is 1. The summed E-state index contributed by atoms with van der Waals surface area (Å²) in [5, 5.41) is 11.2. The van der Waals surface area contributed by atoms with Gasteiger partial charge in [0, 0.05) is 13.1 Å². The van der Waals surface area contributed by atoms with E-state index in [1.165, 1.54) is 11.3 Å². The van der Waals surface area contributed by atoms with Gasteiger partial charge >= 0.3 is 0 Å². The number of halogens is 1. The number of hydrogen-bond donors (Lipinski definition) is 1. The van der Waals surface area contributed by atoms with Crippen LogP contribution in [0.25, 0.3) is 0 Å². The van der Waals surface area contributed by atoms with E-state index in [4.69, 9.17) is 16.7 Å². The van der Waals surface area contributed by atoms with Crippen molar-refractivity contribution in [2.75, 3.05) is 19.7 Å². The molecular weight excluding hydrogens is 234 g/mol. The highest BCUT2D eigenvalue weighted by atomic mass is 35.5. The minimum absolute atomic E-state index is 0.0262. The average Bonchev–Trinajstić information content (AvgIpc) is 2.55. The molecule has 1 aromatic heterocycles. The number of amides is 1. The van der Waals surface area contributed by atoms with Crippen LogP contribution in [0.15, 0.2) is 5.38 Å². The summed E-state index contributed by atoms with van der Waals surface area (Å²) in [6, 6.07) is 0. The highest BCUT2D eigenvalue weighted by Gasteiger charge is 2.19. The number of aliphatic hydroxyl groups is 1. The monoisotopic (exact) mass is 247 g/mol. The van der Waals surface area contributed by atoms with Gasteiger partial charge in [0.25, 0.3) is 5.91 Å². The van der Waals surface area contributed by atoms with E-state index in [1.54, 1.807) is 4.90 Å². The largest absolute Gasteiger partial charge is 0.395 e. The third kappa shape index (κ3) is 2.71. The van der Waals surface area contributed by atoms with Gasteiger partial charge in [0.05, 0.1) is 11.6 Å². The Kier molecular flexibility index (Phi) is 4.57. The van der Waals surface area contributed by atoms with E-state index in [9.17, 15) is 4.79 Å². The van der Waals surface area contributed by atoms with E-state index >= 15 is 0 Å². The van der Waals surface area contributed by atoms with Crippen molar-refractivity contribution >= 4 is 28.8 Å². The molecule has 0 unspecified atom stereocenters. The molecule has 1 N–H and O–H groups in total. The number of rotatable bonds is 4. The number of carbonyl (C=O) groups is 1. The fourth-order valence-corrected chi connectivity index (χ4v) is 2.48. The van der Waals surface area contributed by atoms with Crippen LogP contribution in [0.5, 0.6) is 0 Å². The summed E-state index contributed by atoms with van der Waals surface area (Å²) in [7, 11) is 0. The summed E-state index contributed by atoms with van der Waals surface area (Å²) in [6.07, 6.45) is 0. The quantitative estimate of drug-likeness (QED) is 0.886. The van der Waals surface area contributed by atoms with Gasteiger partial charge in [0.1, 0.15) is 4.88 Å². The van der Waals surface area contributed by atoms with Crippen LogP contribution >= 0.6 is 22.9 Å². The lowest BCUT2D eigenvalue weighted by Gasteiger charge is -2.18. The van der Waals surface area contributed by atoms with Crippen LogP contribution in [-0.2, 0) is 0 Å². The van der Waals surface area contributed by atoms with Crippen molar-refractivity contribution < 1.29 is 9.90 Å². The first kappa shape index (κ1) is 12.5. The number of aryl methyl sites for hydroxylation is 1. The van der Waals surface area contributed by atoms with Crippen LogP contribution in [0.1, 0.15) is 22.2 Å². The van der Waals surface area contributed by atoms with Gasteiger partial charge in [-0.25, -0.2) is 0 Å². The second-order valence-electron chi connectivity index (χ2n) is 3.17. The summed E-state index contributed by atoms with van der Waals surface area (Å²) in [5.74, 6) is -0.102. The molecule has 0 saturated carbocycles. The molecular formula is C10H14ClNO2S. The Morgan fingerprint density at radius 3 is 2.73 bits per heavy atom. The molecule has 0 saturated heterocycles. The molecule has 15 heavy (non-hydrogen) atoms. The van der Waals surface area contributed by atoms with Gasteiger partial charge in [-0.3, -0.25) is 4.79 Å². The minimum atomic E-state index is -0.102. The number of likely N-dealkylation sites (N-methyl/N-ethyl adjacent to an activating group) is 1. The second-order valence-corrected chi connectivity index (χ2v) is 4.43. The van der Waals surface area contributed by atoms with Gasteiger partial charge in [-0.1, -0.05) is 11.6 Å². The number of carbonyl (C=O) groups excluding carboxylic acids is 1. The first-order valence-corrected chi connectivity index (χ1v) is 6.01. The zero-order chi connectivity index (χ0) is 11.4. The number of aliphatic hydroxyl groups excluding tert-OH is 1. The molecule has 0 aromatic carbocycles. The van der Waals surface area contributed by atoms with Gasteiger partial charge in [0.2, 0.25) is 0 Å². The van der Waals surface area contributed by atoms with Crippen LogP contribution < -0.4 is 0 Å². The van der Waals surface area contributed by atoms with Crippen LogP contribution in [0.3, 0.4) is 0 Å². The standard InChI is InChI=1S/C10H14ClNO2S/c1-3-12(4-5-13)10(14)9-8(11)7(2)6-15-9/h6,13H,3-5H2,1-2H3. The lowest BCUT2D eigenvalue weighted by atomic mass is 10.3. The highest BCUT2D eigenvalue weighted by molar-refractivity contribution is 7.13. The third-order valence-electron chi connectivity index (χ3n) is 2.13. The Balaban J connectivity index is 2.87. The van der Waals surface area contributed by atoms with Crippen molar-refractivity contribution in [3.05, 3.63) is 20.8 Å². The molecule has 5 heteroatoms. The Hall–Kier alpha value is -0.580. The lowest BCUT2D eigenvalue weighted by Crippen LogP contribution is -2.32. The van der Waals surface area contributed by atoms with Crippen molar-refractivity contribution in [3.63, 3.8) is 0 Å². The van der Waals surface area contributed by atoms with E-state index in [0.717, 1.165) is 5.56 Å². The molecule has 0 radical (unpaired) electrons. The molecule has 1 amide bonds. The molecule has 0 aliphatic heterocycles. The molecule has 0 fully saturated rings. The first-order chi connectivity index (χ1) is 7.11. The second kappa shape index (κ2) is 5.49. The van der Waals surface area contributed by atoms with Crippen molar-refractivity contribution in [1.82, 2.24) is 4.90 Å². The van der Waals surface area contributed by atoms with Crippen molar-refractivity contribution in [3.8, 4) is 0 Å². The van der Waals surface area contributed by atoms with Gasteiger partial charge in [-0.05, 0) is 24.8 Å². The first-order valence-electron chi connectivity index (χ1n) is 4.75. The van der Waals surface area contributed by atoms with Gasteiger partial charge in [-0.2, -0.15) is 0 Å². The molecule has 0 atom stereocenters. The molecule has 0 spiro atoms. The SMILES string of the molecule is CCN(CCO)C(=O)c1scc(C)c1Cl. The summed E-state index contributed by atoms with van der Waals surface area (Å²) in [6.45, 7) is 4.65. The Morgan fingerprint density at radius 1 is 1.67 bits per heavy atom. The fraction of sp³-hybridized carbons (Fsp3) is 0.500. The third-order valence-corrected chi connectivity index (χ3v) is 3.82. The average molecular weight is 248 g/mol. The molecule has 3 nitrogen and oxygen atoms in total. The molecule has 0 bridgehead atoms. The van der Waals surface area contributed by atoms with Gasteiger partial charge in [0.15, 0.2) is 0 Å². The predicted molar refractivity (Wildman–Crippen MR) is 62.7 cm³/mol. The Bertz CT molecular complexity index is 351. The number of hydrogen-bond acceptors (Lipinski definition) is 3. The summed E-state index contributed by atoms with van der Waals surface area (Å²) < 4.78 is 0. The predicted octanol–water partition coefficient (Wildman–Crippen LogP) is 2.16. The smallest absolute Gasteiger partial charge is 0.265 e. The van der Waals surface area contributed by atoms with Crippen molar-refractivity contribution in [1.29, 1.82) is 0 Å². The zero-order valence-electron chi connectivity index (χ0n) is 8.79. The van der Waals surface area contributed by atoms with E-state index < -0.39 is 0 Å². The Labute approximate surface area is 98.3 Å². The Morgan fingerprint density at radius 2 is 2.33 bits per heavy atom. The highest BCUT2D eigenvalue weighted by Crippen LogP contribution is 2.28. The molecule has 1 aromatic rings. The van der Waals surface area contributed by atoms with Crippen LogP contribution in [0.2, 0.25) is 5.02 Å². The van der Waals surface area contributed by atoms with Gasteiger partial charge < -0.3 is 10.0 Å². The minimum Gasteiger partial charge on any atom is -0.395 e. The molecule has 1 heterocycles.